The van der Waals surface area contributed by atoms with E-state index in [1.807, 2.05) is 12.2 Å². The third-order valence-corrected chi connectivity index (χ3v) is 6.62. The molecule has 0 aliphatic carbocycles. The van der Waals surface area contributed by atoms with E-state index in [1.54, 1.807) is 0 Å². The minimum atomic E-state index is -1.52. The van der Waals surface area contributed by atoms with Gasteiger partial charge in [0.15, 0.2) is 0 Å². The van der Waals surface area contributed by atoms with E-state index in [4.69, 9.17) is 0 Å². The van der Waals surface area contributed by atoms with Crippen molar-refractivity contribution in [1.29, 1.82) is 0 Å². The zero-order valence-electron chi connectivity index (χ0n) is 10.4. The molecule has 1 heteroatoms. The monoisotopic (exact) mass is 228 g/mol. The summed E-state index contributed by atoms with van der Waals surface area (Å²) in [6, 6.07) is 10.8. The Morgan fingerprint density at radius 1 is 1.19 bits per heavy atom. The molecule has 1 rings (SSSR count). The lowest BCUT2D eigenvalue weighted by molar-refractivity contribution is 1.60. The molecule has 0 amide bonds. The highest BCUT2D eigenvalue weighted by atomic mass is 28.3. The van der Waals surface area contributed by atoms with Crippen LogP contribution in [0.4, 0.5) is 0 Å². The van der Waals surface area contributed by atoms with Crippen LogP contribution in [0.25, 0.3) is 0 Å². The SMILES string of the molecule is C=C/C=C\C(=C/C)[Si](C)(C)c1ccccc1. The second-order valence-corrected chi connectivity index (χ2v) is 8.73. The van der Waals surface area contributed by atoms with Crippen LogP contribution in [-0.4, -0.2) is 8.07 Å². The molecule has 1 aromatic carbocycles. The molecule has 0 radical (unpaired) electrons. The van der Waals surface area contributed by atoms with Crippen molar-refractivity contribution in [2.24, 2.45) is 0 Å². The number of hydrogen-bond donors (Lipinski definition) is 0. The zero-order chi connectivity index (χ0) is 12.0. The van der Waals surface area contributed by atoms with Gasteiger partial charge in [0.05, 0.1) is 0 Å². The van der Waals surface area contributed by atoms with E-state index in [2.05, 4.69) is 69.1 Å². The lowest BCUT2D eigenvalue weighted by Crippen LogP contribution is -2.43. The van der Waals surface area contributed by atoms with E-state index < -0.39 is 8.07 Å². The molecule has 0 heterocycles. The summed E-state index contributed by atoms with van der Waals surface area (Å²) >= 11 is 0. The van der Waals surface area contributed by atoms with Crippen molar-refractivity contribution < 1.29 is 0 Å². The molecule has 0 aliphatic rings. The Bertz CT molecular complexity index is 397. The number of rotatable bonds is 4. The van der Waals surface area contributed by atoms with Gasteiger partial charge in [-0.2, -0.15) is 0 Å². The fourth-order valence-electron chi connectivity index (χ4n) is 1.86. The van der Waals surface area contributed by atoms with Gasteiger partial charge in [0.2, 0.25) is 0 Å². The van der Waals surface area contributed by atoms with Gasteiger partial charge in [0.25, 0.3) is 0 Å². The molecule has 1 aromatic rings. The Labute approximate surface area is 100 Å². The molecule has 0 saturated carbocycles. The van der Waals surface area contributed by atoms with Gasteiger partial charge >= 0.3 is 0 Å². The molecular weight excluding hydrogens is 208 g/mol. The Balaban J connectivity index is 3.09. The Hall–Kier alpha value is -1.34. The standard InChI is InChI=1S/C15H20Si/c1-5-7-11-14(6-2)16(3,4)15-12-9-8-10-13-15/h5-13H,1H2,2-4H3/b11-7-,14-6+. The molecular formula is C15H20Si. The molecule has 0 aromatic heterocycles. The highest BCUT2D eigenvalue weighted by Gasteiger charge is 2.25. The average Bonchev–Trinajstić information content (AvgIpc) is 2.31. The van der Waals surface area contributed by atoms with Gasteiger partial charge in [-0.05, 0) is 6.92 Å². The van der Waals surface area contributed by atoms with Crippen LogP contribution in [0, 0.1) is 0 Å². The topological polar surface area (TPSA) is 0 Å². The predicted octanol–water partition coefficient (Wildman–Crippen LogP) is 3.83. The predicted molar refractivity (Wildman–Crippen MR) is 76.7 cm³/mol. The van der Waals surface area contributed by atoms with Crippen LogP contribution in [0.2, 0.25) is 13.1 Å². The van der Waals surface area contributed by atoms with Crippen molar-refractivity contribution in [3.8, 4) is 0 Å². The van der Waals surface area contributed by atoms with Gasteiger partial charge in [-0.1, -0.05) is 84.7 Å². The minimum absolute atomic E-state index is 1.44. The Morgan fingerprint density at radius 2 is 1.81 bits per heavy atom. The first-order valence-corrected chi connectivity index (χ1v) is 8.64. The van der Waals surface area contributed by atoms with Gasteiger partial charge in [-0.15, -0.1) is 0 Å². The number of benzene rings is 1. The first-order chi connectivity index (χ1) is 7.62. The molecule has 0 bridgehead atoms. The molecule has 0 atom stereocenters. The maximum Gasteiger partial charge on any atom is 0.111 e. The first-order valence-electron chi connectivity index (χ1n) is 5.64. The smallest absolute Gasteiger partial charge is 0.0991 e. The van der Waals surface area contributed by atoms with E-state index in [0.29, 0.717) is 0 Å². The molecule has 0 spiro atoms. The van der Waals surface area contributed by atoms with E-state index in [-0.39, 0.29) is 0 Å². The second kappa shape index (κ2) is 5.66. The van der Waals surface area contributed by atoms with Gasteiger partial charge in [-0.3, -0.25) is 0 Å². The summed E-state index contributed by atoms with van der Waals surface area (Å²) in [4.78, 5) is 0. The normalized spacial score (nSPS) is 13.1. The van der Waals surface area contributed by atoms with Gasteiger partial charge in [0.1, 0.15) is 8.07 Å². The van der Waals surface area contributed by atoms with Crippen LogP contribution < -0.4 is 5.19 Å². The maximum atomic E-state index is 3.72. The van der Waals surface area contributed by atoms with Crippen molar-refractivity contribution >= 4 is 13.3 Å². The first kappa shape index (κ1) is 12.7. The Kier molecular flexibility index (Phi) is 4.50. The second-order valence-electron chi connectivity index (χ2n) is 4.33. The van der Waals surface area contributed by atoms with Crippen molar-refractivity contribution in [3.05, 3.63) is 66.4 Å². The zero-order valence-corrected chi connectivity index (χ0v) is 11.4. The largest absolute Gasteiger partial charge is 0.111 e. The van der Waals surface area contributed by atoms with Crippen LogP contribution in [0.1, 0.15) is 6.92 Å². The summed E-state index contributed by atoms with van der Waals surface area (Å²) in [6.45, 7) is 10.6. The minimum Gasteiger partial charge on any atom is -0.0991 e. The summed E-state index contributed by atoms with van der Waals surface area (Å²) in [6.07, 6.45) is 8.26. The molecule has 84 valence electrons. The lowest BCUT2D eigenvalue weighted by atomic mass is 10.4. The fourth-order valence-corrected chi connectivity index (χ4v) is 4.45. The van der Waals surface area contributed by atoms with Crippen LogP contribution in [-0.2, 0) is 0 Å². The van der Waals surface area contributed by atoms with Crippen molar-refractivity contribution in [2.45, 2.75) is 20.0 Å². The van der Waals surface area contributed by atoms with E-state index in [1.165, 1.54) is 10.4 Å². The van der Waals surface area contributed by atoms with E-state index in [9.17, 15) is 0 Å². The van der Waals surface area contributed by atoms with E-state index >= 15 is 0 Å². The quantitative estimate of drug-likeness (QED) is 0.543. The summed E-state index contributed by atoms with van der Waals surface area (Å²) < 4.78 is 0. The van der Waals surface area contributed by atoms with Crippen LogP contribution in [0.5, 0.6) is 0 Å². The lowest BCUT2D eigenvalue weighted by Gasteiger charge is -2.24. The average molecular weight is 228 g/mol. The third kappa shape index (κ3) is 2.83. The number of hydrogen-bond acceptors (Lipinski definition) is 0. The summed E-state index contributed by atoms with van der Waals surface area (Å²) in [7, 11) is -1.52. The molecule has 16 heavy (non-hydrogen) atoms. The highest BCUT2D eigenvalue weighted by molar-refractivity contribution is 6.96. The van der Waals surface area contributed by atoms with Crippen molar-refractivity contribution in [2.75, 3.05) is 0 Å². The van der Waals surface area contributed by atoms with Crippen LogP contribution in [0.15, 0.2) is 66.4 Å². The summed E-state index contributed by atoms with van der Waals surface area (Å²) in [5.74, 6) is 0. The molecule has 0 fully saturated rings. The van der Waals surface area contributed by atoms with Crippen molar-refractivity contribution in [1.82, 2.24) is 0 Å². The summed E-state index contributed by atoms with van der Waals surface area (Å²) in [5.41, 5.74) is 0. The van der Waals surface area contributed by atoms with Crippen LogP contribution >= 0.6 is 0 Å². The molecule has 0 saturated heterocycles. The molecule has 0 N–H and O–H groups in total. The third-order valence-electron chi connectivity index (χ3n) is 2.94. The Morgan fingerprint density at radius 3 is 2.31 bits per heavy atom. The van der Waals surface area contributed by atoms with Crippen molar-refractivity contribution in [3.63, 3.8) is 0 Å². The molecule has 0 aliphatic heterocycles. The van der Waals surface area contributed by atoms with Crippen LogP contribution in [0.3, 0.4) is 0 Å². The highest BCUT2D eigenvalue weighted by Crippen LogP contribution is 2.16. The van der Waals surface area contributed by atoms with Gasteiger partial charge < -0.3 is 0 Å². The molecule has 0 unspecified atom stereocenters. The number of allylic oxidation sites excluding steroid dienone is 5. The maximum absolute atomic E-state index is 3.72. The van der Waals surface area contributed by atoms with Gasteiger partial charge in [0, 0.05) is 0 Å². The molecule has 0 nitrogen and oxygen atoms in total. The van der Waals surface area contributed by atoms with E-state index in [0.717, 1.165) is 0 Å². The fraction of sp³-hybridized carbons (Fsp3) is 0.200. The summed E-state index contributed by atoms with van der Waals surface area (Å²) in [5, 5.41) is 2.91. The van der Waals surface area contributed by atoms with Gasteiger partial charge in [-0.25, -0.2) is 0 Å².